The van der Waals surface area contributed by atoms with Gasteiger partial charge in [0.05, 0.1) is 6.54 Å². The molecule has 0 radical (unpaired) electrons. The van der Waals surface area contributed by atoms with E-state index in [1.165, 1.54) is 4.90 Å². The summed E-state index contributed by atoms with van der Waals surface area (Å²) in [5.74, 6) is -1.02. The van der Waals surface area contributed by atoms with Crippen molar-refractivity contribution in [1.82, 2.24) is 20.9 Å². The van der Waals surface area contributed by atoms with Gasteiger partial charge in [-0.2, -0.15) is 0 Å². The van der Waals surface area contributed by atoms with Gasteiger partial charge in [0.1, 0.15) is 12.6 Å². The molecule has 3 rings (SSSR count). The molecule has 2 heterocycles. The largest absolute Gasteiger partial charge is 0.445 e. The summed E-state index contributed by atoms with van der Waals surface area (Å²) in [5.41, 5.74) is 2.59. The van der Waals surface area contributed by atoms with Crippen LogP contribution in [0.1, 0.15) is 34.3 Å². The third kappa shape index (κ3) is 4.13. The van der Waals surface area contributed by atoms with Gasteiger partial charge in [0, 0.05) is 31.3 Å². The van der Waals surface area contributed by atoms with Gasteiger partial charge in [-0.3, -0.25) is 19.7 Å². The number of ether oxygens (including phenoxy) is 1. The number of hydrogen-bond donors (Lipinski definition) is 3. The second-order valence-electron chi connectivity index (χ2n) is 6.67. The molecule has 3 N–H and O–H groups in total. The van der Waals surface area contributed by atoms with E-state index < -0.39 is 18.0 Å². The molecule has 1 saturated heterocycles. The van der Waals surface area contributed by atoms with Crippen molar-refractivity contribution in [2.24, 2.45) is 0 Å². The summed E-state index contributed by atoms with van der Waals surface area (Å²) in [5, 5.41) is 7.64. The van der Waals surface area contributed by atoms with E-state index in [9.17, 15) is 19.2 Å². The average molecular weight is 386 g/mol. The highest BCUT2D eigenvalue weighted by Crippen LogP contribution is 2.28. The van der Waals surface area contributed by atoms with Gasteiger partial charge < -0.3 is 20.3 Å². The van der Waals surface area contributed by atoms with Gasteiger partial charge in [0.15, 0.2) is 0 Å². The monoisotopic (exact) mass is 386 g/mol. The summed E-state index contributed by atoms with van der Waals surface area (Å²) in [4.78, 5) is 49.3. The Balaban J connectivity index is 1.61. The Morgan fingerprint density at radius 1 is 1.36 bits per heavy atom. The number of alkyl carbamates (subject to hydrolysis) is 1. The molecule has 1 unspecified atom stereocenters. The fraction of sp³-hybridized carbons (Fsp3) is 0.368. The Kier molecular flexibility index (Phi) is 5.62. The minimum absolute atomic E-state index is 0.0108. The number of carbonyl (C=O) groups excluding carboxylic acids is 4. The van der Waals surface area contributed by atoms with E-state index in [4.69, 9.17) is 4.74 Å². The Morgan fingerprint density at radius 2 is 2.14 bits per heavy atom. The number of fused-ring (bicyclic) bond motifs is 1. The standard InChI is InChI=1S/C19H22N4O5/c1-11(20-2)8-21-19(27)28-10-12-3-4-13-9-23(18(26)14(13)7-12)15-5-6-16(24)22-17(15)25/h3-4,7,15,20H,1,5-6,8-10H2,2H3,(H,21,27)(H,22,24,25). The lowest BCUT2D eigenvalue weighted by atomic mass is 10.0. The molecule has 1 atom stereocenters. The molecule has 1 aromatic carbocycles. The predicted octanol–water partition coefficient (Wildman–Crippen LogP) is 0.407. The lowest BCUT2D eigenvalue weighted by Crippen LogP contribution is -2.52. The number of nitrogens with one attached hydrogen (secondary N) is 3. The third-order valence-corrected chi connectivity index (χ3v) is 4.76. The Labute approximate surface area is 162 Å². The predicted molar refractivity (Wildman–Crippen MR) is 98.9 cm³/mol. The smallest absolute Gasteiger partial charge is 0.407 e. The summed E-state index contributed by atoms with van der Waals surface area (Å²) in [6.07, 6.45) is -0.0585. The highest BCUT2D eigenvalue weighted by Gasteiger charge is 2.39. The lowest BCUT2D eigenvalue weighted by Gasteiger charge is -2.29. The lowest BCUT2D eigenvalue weighted by molar-refractivity contribution is -0.136. The SMILES string of the molecule is C=C(CNC(=O)OCc1ccc2c(c1)C(=O)N(C1CCC(=O)NC1=O)C2)NC. The maximum absolute atomic E-state index is 12.7. The van der Waals surface area contributed by atoms with Crippen LogP contribution in [-0.4, -0.2) is 48.3 Å². The van der Waals surface area contributed by atoms with Gasteiger partial charge in [-0.25, -0.2) is 4.79 Å². The first-order chi connectivity index (χ1) is 13.4. The zero-order valence-electron chi connectivity index (χ0n) is 15.5. The van der Waals surface area contributed by atoms with Crippen LogP contribution in [0.4, 0.5) is 4.79 Å². The van der Waals surface area contributed by atoms with Crippen molar-refractivity contribution in [2.45, 2.75) is 32.0 Å². The molecule has 1 aromatic rings. The molecule has 9 nitrogen and oxygen atoms in total. The first-order valence-corrected chi connectivity index (χ1v) is 8.91. The van der Waals surface area contributed by atoms with Crippen LogP contribution < -0.4 is 16.0 Å². The number of hydrogen-bond acceptors (Lipinski definition) is 6. The van der Waals surface area contributed by atoms with E-state index in [2.05, 4.69) is 22.5 Å². The molecule has 1 fully saturated rings. The average Bonchev–Trinajstić information content (AvgIpc) is 3.00. The Morgan fingerprint density at radius 3 is 2.86 bits per heavy atom. The zero-order chi connectivity index (χ0) is 20.3. The molecule has 4 amide bonds. The van der Waals surface area contributed by atoms with Gasteiger partial charge in [-0.15, -0.1) is 0 Å². The van der Waals surface area contributed by atoms with Crippen LogP contribution in [0.25, 0.3) is 0 Å². The number of benzene rings is 1. The third-order valence-electron chi connectivity index (χ3n) is 4.76. The van der Waals surface area contributed by atoms with Crippen LogP contribution in [-0.2, 0) is 27.5 Å². The minimum Gasteiger partial charge on any atom is -0.445 e. The quantitative estimate of drug-likeness (QED) is 0.610. The number of likely N-dealkylation sites (N-methyl/N-ethyl adjacent to an activating group) is 1. The maximum atomic E-state index is 12.7. The molecule has 2 aliphatic rings. The van der Waals surface area contributed by atoms with E-state index in [0.29, 0.717) is 29.8 Å². The topological polar surface area (TPSA) is 117 Å². The molecule has 9 heteroatoms. The van der Waals surface area contributed by atoms with Gasteiger partial charge >= 0.3 is 6.09 Å². The molecule has 0 saturated carbocycles. The Bertz CT molecular complexity index is 851. The van der Waals surface area contributed by atoms with Crippen molar-refractivity contribution in [1.29, 1.82) is 0 Å². The summed E-state index contributed by atoms with van der Waals surface area (Å²) in [6, 6.07) is 4.59. The second-order valence-corrected chi connectivity index (χ2v) is 6.67. The van der Waals surface area contributed by atoms with Gasteiger partial charge in [-0.05, 0) is 23.6 Å². The van der Waals surface area contributed by atoms with Gasteiger partial charge in [0.25, 0.3) is 5.91 Å². The molecular weight excluding hydrogens is 364 g/mol. The van der Waals surface area contributed by atoms with Gasteiger partial charge in [0.2, 0.25) is 11.8 Å². The molecule has 0 aliphatic carbocycles. The first kappa shape index (κ1) is 19.4. The summed E-state index contributed by atoms with van der Waals surface area (Å²) in [6.45, 7) is 4.27. The van der Waals surface area contributed by atoms with Crippen LogP contribution in [0.15, 0.2) is 30.5 Å². The van der Waals surface area contributed by atoms with Crippen molar-refractivity contribution >= 4 is 23.8 Å². The fourth-order valence-electron chi connectivity index (χ4n) is 3.16. The van der Waals surface area contributed by atoms with E-state index in [-0.39, 0.29) is 31.4 Å². The molecular formula is C19H22N4O5. The molecule has 28 heavy (non-hydrogen) atoms. The molecule has 0 aromatic heterocycles. The van der Waals surface area contributed by atoms with Gasteiger partial charge in [-0.1, -0.05) is 18.7 Å². The maximum Gasteiger partial charge on any atom is 0.407 e. The van der Waals surface area contributed by atoms with Crippen molar-refractivity contribution in [3.63, 3.8) is 0 Å². The number of piperidine rings is 1. The molecule has 0 bridgehead atoms. The normalized spacial score (nSPS) is 18.4. The summed E-state index contributed by atoms with van der Waals surface area (Å²) in [7, 11) is 1.70. The zero-order valence-corrected chi connectivity index (χ0v) is 15.5. The highest BCUT2D eigenvalue weighted by molar-refractivity contribution is 6.05. The molecule has 2 aliphatic heterocycles. The van der Waals surface area contributed by atoms with Crippen molar-refractivity contribution in [2.75, 3.05) is 13.6 Å². The van der Waals surface area contributed by atoms with E-state index in [0.717, 1.165) is 5.56 Å². The first-order valence-electron chi connectivity index (χ1n) is 8.91. The van der Waals surface area contributed by atoms with Crippen LogP contribution in [0, 0.1) is 0 Å². The Hall–Kier alpha value is -3.36. The molecule has 0 spiro atoms. The number of nitrogens with zero attached hydrogens (tertiary/aromatic N) is 1. The summed E-state index contributed by atoms with van der Waals surface area (Å²) < 4.78 is 5.14. The van der Waals surface area contributed by atoms with E-state index in [1.807, 2.05) is 0 Å². The van der Waals surface area contributed by atoms with Crippen molar-refractivity contribution in [3.8, 4) is 0 Å². The second kappa shape index (κ2) is 8.12. The van der Waals surface area contributed by atoms with Crippen LogP contribution in [0.5, 0.6) is 0 Å². The van der Waals surface area contributed by atoms with Crippen molar-refractivity contribution < 1.29 is 23.9 Å². The highest BCUT2D eigenvalue weighted by atomic mass is 16.5. The number of imide groups is 1. The number of carbonyl (C=O) groups is 4. The fourth-order valence-corrected chi connectivity index (χ4v) is 3.16. The van der Waals surface area contributed by atoms with E-state index >= 15 is 0 Å². The summed E-state index contributed by atoms with van der Waals surface area (Å²) >= 11 is 0. The minimum atomic E-state index is -0.650. The van der Waals surface area contributed by atoms with Crippen LogP contribution >= 0.6 is 0 Å². The number of amides is 4. The molecule has 148 valence electrons. The van der Waals surface area contributed by atoms with E-state index in [1.54, 1.807) is 25.2 Å². The number of rotatable bonds is 6. The van der Waals surface area contributed by atoms with Crippen molar-refractivity contribution in [3.05, 3.63) is 47.2 Å². The van der Waals surface area contributed by atoms with Crippen LogP contribution in [0.3, 0.4) is 0 Å². The van der Waals surface area contributed by atoms with Crippen LogP contribution in [0.2, 0.25) is 0 Å².